The van der Waals surface area contributed by atoms with Gasteiger partial charge in [0.25, 0.3) is 5.56 Å². The second-order valence-electron chi connectivity index (χ2n) is 2.65. The van der Waals surface area contributed by atoms with Gasteiger partial charge in [-0.3, -0.25) is 14.3 Å². The largest absolute Gasteiger partial charge is 0.394 e. The van der Waals surface area contributed by atoms with Crippen LogP contribution in [-0.4, -0.2) is 27.9 Å². The number of hydrogen-bond acceptors (Lipinski definition) is 5. The van der Waals surface area contributed by atoms with Crippen LogP contribution < -0.4 is 17.0 Å². The van der Waals surface area contributed by atoms with Crippen LogP contribution in [0.1, 0.15) is 0 Å². The van der Waals surface area contributed by atoms with Crippen LogP contribution in [0.25, 0.3) is 0 Å². The van der Waals surface area contributed by atoms with Crippen molar-refractivity contribution >= 4 is 21.7 Å². The molecule has 0 fully saturated rings. The van der Waals surface area contributed by atoms with Crippen LogP contribution in [0.5, 0.6) is 0 Å². The first-order valence-corrected chi connectivity index (χ1v) is 4.84. The Balaban J connectivity index is 3.02. The Morgan fingerprint density at radius 3 is 2.80 bits per heavy atom. The number of aliphatic hydroxyl groups excluding tert-OH is 1. The first kappa shape index (κ1) is 12.0. The number of nitrogens with two attached hydrogens (primary N) is 1. The molecule has 0 aliphatic carbocycles. The Morgan fingerprint density at radius 1 is 1.53 bits per heavy atom. The van der Waals surface area contributed by atoms with E-state index in [-0.39, 0.29) is 30.2 Å². The molecule has 4 N–H and O–H groups in total. The normalized spacial score (nSPS) is 10.5. The highest BCUT2D eigenvalue weighted by molar-refractivity contribution is 9.10. The monoisotopic (exact) mass is 279 g/mol. The van der Waals surface area contributed by atoms with Crippen molar-refractivity contribution in [3.05, 3.63) is 25.3 Å². The molecule has 1 heterocycles. The van der Waals surface area contributed by atoms with Gasteiger partial charge in [0.2, 0.25) is 0 Å². The molecule has 1 rings (SSSR count). The zero-order valence-corrected chi connectivity index (χ0v) is 9.28. The summed E-state index contributed by atoms with van der Waals surface area (Å²) in [7, 11) is 0. The third kappa shape index (κ3) is 2.67. The number of aromatic nitrogens is 2. The van der Waals surface area contributed by atoms with Crippen molar-refractivity contribution in [3.63, 3.8) is 0 Å². The van der Waals surface area contributed by atoms with E-state index in [1.165, 1.54) is 0 Å². The average Bonchev–Trinajstić information content (AvgIpc) is 2.20. The van der Waals surface area contributed by atoms with E-state index in [0.717, 1.165) is 4.57 Å². The molecule has 84 valence electrons. The summed E-state index contributed by atoms with van der Waals surface area (Å²) in [5.41, 5.74) is 4.28. The molecule has 0 amide bonds. The number of aliphatic hydroxyl groups is 1. The molecule has 0 spiro atoms. The standard InChI is InChI=1S/C7H10BrN3O4/c8-4-5(9)11(3-15-2-1-12)7(14)10-6(4)13/h12H,1-3,9H2,(H,10,13,14). The molecule has 1 aromatic rings. The van der Waals surface area contributed by atoms with Crippen LogP contribution in [0.15, 0.2) is 14.1 Å². The molecule has 0 aliphatic heterocycles. The number of aromatic amines is 1. The Labute approximate surface area is 92.6 Å². The number of ether oxygens (including phenoxy) is 1. The van der Waals surface area contributed by atoms with Gasteiger partial charge >= 0.3 is 5.69 Å². The Kier molecular flexibility index (Phi) is 4.06. The highest BCUT2D eigenvalue weighted by atomic mass is 79.9. The van der Waals surface area contributed by atoms with Gasteiger partial charge in [-0.25, -0.2) is 4.79 Å². The molecule has 0 saturated carbocycles. The van der Waals surface area contributed by atoms with E-state index in [4.69, 9.17) is 15.6 Å². The second kappa shape index (κ2) is 5.10. The second-order valence-corrected chi connectivity index (χ2v) is 3.44. The van der Waals surface area contributed by atoms with Gasteiger partial charge in [-0.15, -0.1) is 0 Å². The maximum absolute atomic E-state index is 11.3. The van der Waals surface area contributed by atoms with Crippen molar-refractivity contribution in [2.24, 2.45) is 0 Å². The van der Waals surface area contributed by atoms with Crippen molar-refractivity contribution in [3.8, 4) is 0 Å². The van der Waals surface area contributed by atoms with Crippen LogP contribution in [0.4, 0.5) is 5.82 Å². The van der Waals surface area contributed by atoms with Crippen LogP contribution in [0.2, 0.25) is 0 Å². The third-order valence-corrected chi connectivity index (χ3v) is 2.40. The van der Waals surface area contributed by atoms with Gasteiger partial charge in [-0.1, -0.05) is 0 Å². The summed E-state index contributed by atoms with van der Waals surface area (Å²) in [4.78, 5) is 24.4. The van der Waals surface area contributed by atoms with Crippen molar-refractivity contribution in [1.82, 2.24) is 9.55 Å². The van der Waals surface area contributed by atoms with Gasteiger partial charge in [0.1, 0.15) is 17.0 Å². The summed E-state index contributed by atoms with van der Waals surface area (Å²) in [6, 6.07) is 0. The fourth-order valence-corrected chi connectivity index (χ4v) is 1.23. The smallest absolute Gasteiger partial charge is 0.331 e. The number of anilines is 1. The summed E-state index contributed by atoms with van der Waals surface area (Å²) < 4.78 is 6.04. The van der Waals surface area contributed by atoms with Gasteiger partial charge in [0.05, 0.1) is 13.2 Å². The van der Waals surface area contributed by atoms with E-state index >= 15 is 0 Å². The maximum Gasteiger partial charge on any atom is 0.331 e. The summed E-state index contributed by atoms with van der Waals surface area (Å²) in [6.07, 6.45) is 0. The molecule has 0 radical (unpaired) electrons. The van der Waals surface area contributed by atoms with E-state index in [1.807, 2.05) is 0 Å². The zero-order valence-electron chi connectivity index (χ0n) is 7.70. The number of nitrogens with zero attached hydrogens (tertiary/aromatic N) is 1. The highest BCUT2D eigenvalue weighted by Gasteiger charge is 2.08. The van der Waals surface area contributed by atoms with Crippen molar-refractivity contribution in [2.75, 3.05) is 18.9 Å². The van der Waals surface area contributed by atoms with Crippen LogP contribution in [-0.2, 0) is 11.5 Å². The topological polar surface area (TPSA) is 110 Å². The Hall–Kier alpha value is -1.12. The number of nitrogens with one attached hydrogen (secondary N) is 1. The summed E-state index contributed by atoms with van der Waals surface area (Å²) in [5, 5.41) is 8.47. The maximum atomic E-state index is 11.3. The lowest BCUT2D eigenvalue weighted by molar-refractivity contribution is 0.0467. The minimum absolute atomic E-state index is 0.0123. The SMILES string of the molecule is Nc1c(Br)c(=O)[nH]c(=O)n1COCCO. The number of H-pyrrole nitrogens is 1. The minimum Gasteiger partial charge on any atom is -0.394 e. The first-order chi connectivity index (χ1) is 7.07. The summed E-state index contributed by atoms with van der Waals surface area (Å²) >= 11 is 2.94. The Morgan fingerprint density at radius 2 is 2.20 bits per heavy atom. The number of halogens is 1. The average molecular weight is 280 g/mol. The van der Waals surface area contributed by atoms with Gasteiger partial charge in [-0.05, 0) is 15.9 Å². The van der Waals surface area contributed by atoms with Crippen LogP contribution >= 0.6 is 15.9 Å². The molecular weight excluding hydrogens is 270 g/mol. The van der Waals surface area contributed by atoms with Crippen LogP contribution in [0, 0.1) is 0 Å². The molecule has 0 bridgehead atoms. The van der Waals surface area contributed by atoms with E-state index in [2.05, 4.69) is 20.9 Å². The number of hydrogen-bond donors (Lipinski definition) is 3. The predicted octanol–water partition coefficient (Wildman–Crippen LogP) is -1.15. The number of rotatable bonds is 4. The lowest BCUT2D eigenvalue weighted by atomic mass is 10.6. The lowest BCUT2D eigenvalue weighted by Crippen LogP contribution is -2.33. The van der Waals surface area contributed by atoms with Crippen LogP contribution in [0.3, 0.4) is 0 Å². The molecule has 0 aliphatic rings. The molecule has 0 saturated heterocycles. The highest BCUT2D eigenvalue weighted by Crippen LogP contribution is 2.10. The van der Waals surface area contributed by atoms with Gasteiger partial charge in [0, 0.05) is 0 Å². The fraction of sp³-hybridized carbons (Fsp3) is 0.429. The fourth-order valence-electron chi connectivity index (χ4n) is 0.912. The third-order valence-electron chi connectivity index (χ3n) is 1.64. The van der Waals surface area contributed by atoms with E-state index < -0.39 is 11.2 Å². The predicted molar refractivity (Wildman–Crippen MR) is 56.5 cm³/mol. The molecule has 8 heteroatoms. The Bertz CT molecular complexity index is 453. The first-order valence-electron chi connectivity index (χ1n) is 4.04. The number of nitrogen functional groups attached to an aromatic ring is 1. The molecule has 0 aromatic carbocycles. The zero-order chi connectivity index (χ0) is 11.4. The molecule has 0 atom stereocenters. The summed E-state index contributed by atoms with van der Waals surface area (Å²) in [5.74, 6) is -0.0123. The van der Waals surface area contributed by atoms with Crippen molar-refractivity contribution < 1.29 is 9.84 Å². The van der Waals surface area contributed by atoms with E-state index in [9.17, 15) is 9.59 Å². The summed E-state index contributed by atoms with van der Waals surface area (Å²) in [6.45, 7) is -0.192. The van der Waals surface area contributed by atoms with Crippen molar-refractivity contribution in [1.29, 1.82) is 0 Å². The molecule has 1 aromatic heterocycles. The molecule has 15 heavy (non-hydrogen) atoms. The minimum atomic E-state index is -0.654. The van der Waals surface area contributed by atoms with Gasteiger partial charge in [0.15, 0.2) is 0 Å². The van der Waals surface area contributed by atoms with Gasteiger partial charge in [-0.2, -0.15) is 0 Å². The molecule has 7 nitrogen and oxygen atoms in total. The van der Waals surface area contributed by atoms with Crippen molar-refractivity contribution in [2.45, 2.75) is 6.73 Å². The molecular formula is C7H10BrN3O4. The molecule has 0 unspecified atom stereocenters. The van der Waals surface area contributed by atoms with Gasteiger partial charge < -0.3 is 15.6 Å². The quantitative estimate of drug-likeness (QED) is 0.603. The van der Waals surface area contributed by atoms with E-state index in [0.29, 0.717) is 0 Å². The lowest BCUT2D eigenvalue weighted by Gasteiger charge is -2.09. The van der Waals surface area contributed by atoms with E-state index in [1.54, 1.807) is 0 Å².